The molecule has 1 N–H and O–H groups in total. The highest BCUT2D eigenvalue weighted by Gasteiger charge is 2.21. The highest BCUT2D eigenvalue weighted by molar-refractivity contribution is 5.99. The SMILES string of the molecule is Cc1c(C(=O)NC(C)c2nnc3ccccn23)oc2ccccc12. The first kappa shape index (κ1) is 14.4. The lowest BCUT2D eigenvalue weighted by atomic mass is 10.1. The number of benzene rings is 1. The first-order valence-electron chi connectivity index (χ1n) is 7.74. The van der Waals surface area contributed by atoms with Crippen LogP contribution in [0.5, 0.6) is 0 Å². The Morgan fingerprint density at radius 1 is 1.17 bits per heavy atom. The number of para-hydroxylation sites is 1. The zero-order chi connectivity index (χ0) is 16.7. The molecule has 0 aliphatic carbocycles. The van der Waals surface area contributed by atoms with Crippen molar-refractivity contribution in [2.24, 2.45) is 0 Å². The zero-order valence-electron chi connectivity index (χ0n) is 13.4. The Morgan fingerprint density at radius 3 is 2.79 bits per heavy atom. The molecule has 0 aliphatic rings. The second-order valence-electron chi connectivity index (χ2n) is 5.73. The molecule has 4 rings (SSSR count). The lowest BCUT2D eigenvalue weighted by molar-refractivity contribution is 0.0911. The maximum Gasteiger partial charge on any atom is 0.287 e. The average molecular weight is 320 g/mol. The number of fused-ring (bicyclic) bond motifs is 2. The van der Waals surface area contributed by atoms with E-state index in [1.54, 1.807) is 0 Å². The molecule has 1 amide bonds. The third-order valence-electron chi connectivity index (χ3n) is 4.12. The van der Waals surface area contributed by atoms with Crippen molar-refractivity contribution in [3.8, 4) is 0 Å². The summed E-state index contributed by atoms with van der Waals surface area (Å²) in [5.41, 5.74) is 2.29. The number of hydrogen-bond acceptors (Lipinski definition) is 4. The van der Waals surface area contributed by atoms with Crippen LogP contribution in [0.4, 0.5) is 0 Å². The fourth-order valence-electron chi connectivity index (χ4n) is 2.87. The van der Waals surface area contributed by atoms with Crippen molar-refractivity contribution in [2.45, 2.75) is 19.9 Å². The van der Waals surface area contributed by atoms with Gasteiger partial charge < -0.3 is 9.73 Å². The molecule has 0 saturated heterocycles. The monoisotopic (exact) mass is 320 g/mol. The number of nitrogens with zero attached hydrogens (tertiary/aromatic N) is 3. The van der Waals surface area contributed by atoms with Gasteiger partial charge in [-0.05, 0) is 32.0 Å². The van der Waals surface area contributed by atoms with Gasteiger partial charge in [0, 0.05) is 17.1 Å². The van der Waals surface area contributed by atoms with E-state index in [-0.39, 0.29) is 11.9 Å². The van der Waals surface area contributed by atoms with E-state index in [1.807, 2.05) is 66.9 Å². The van der Waals surface area contributed by atoms with Crippen LogP contribution in [0, 0.1) is 6.92 Å². The second-order valence-corrected chi connectivity index (χ2v) is 5.73. The summed E-state index contributed by atoms with van der Waals surface area (Å²) in [6.07, 6.45) is 1.87. The summed E-state index contributed by atoms with van der Waals surface area (Å²) in [6, 6.07) is 13.0. The summed E-state index contributed by atoms with van der Waals surface area (Å²) in [5.74, 6) is 0.744. The maximum absolute atomic E-state index is 12.6. The van der Waals surface area contributed by atoms with Gasteiger partial charge in [0.2, 0.25) is 0 Å². The van der Waals surface area contributed by atoms with E-state index in [9.17, 15) is 4.79 Å². The Bertz CT molecular complexity index is 1050. The standard InChI is InChI=1S/C18H16N4O2/c1-11-13-7-3-4-8-14(13)24-16(11)18(23)19-12(2)17-21-20-15-9-5-6-10-22(15)17/h3-10,12H,1-2H3,(H,19,23). The minimum atomic E-state index is -0.303. The van der Waals surface area contributed by atoms with Crippen LogP contribution >= 0.6 is 0 Å². The number of amides is 1. The van der Waals surface area contributed by atoms with E-state index >= 15 is 0 Å². The summed E-state index contributed by atoms with van der Waals surface area (Å²) >= 11 is 0. The molecule has 0 radical (unpaired) electrons. The van der Waals surface area contributed by atoms with Gasteiger partial charge in [0.1, 0.15) is 5.58 Å². The Hall–Kier alpha value is -3.15. The minimum Gasteiger partial charge on any atom is -0.451 e. The Kier molecular flexibility index (Phi) is 3.30. The molecule has 1 atom stereocenters. The number of nitrogens with one attached hydrogen (secondary N) is 1. The molecule has 3 aromatic heterocycles. The minimum absolute atomic E-state index is 0.260. The van der Waals surface area contributed by atoms with Crippen molar-refractivity contribution in [1.29, 1.82) is 0 Å². The van der Waals surface area contributed by atoms with Crippen LogP contribution < -0.4 is 5.32 Å². The van der Waals surface area contributed by atoms with Crippen molar-refractivity contribution < 1.29 is 9.21 Å². The average Bonchev–Trinajstić information content (AvgIpc) is 3.17. The van der Waals surface area contributed by atoms with Gasteiger partial charge in [-0.2, -0.15) is 0 Å². The highest BCUT2D eigenvalue weighted by Crippen LogP contribution is 2.25. The number of aryl methyl sites for hydroxylation is 1. The number of rotatable bonds is 3. The molecule has 0 aliphatic heterocycles. The number of carbonyl (C=O) groups is 1. The molecule has 0 saturated carbocycles. The van der Waals surface area contributed by atoms with Crippen LogP contribution in [0.25, 0.3) is 16.6 Å². The first-order chi connectivity index (χ1) is 11.6. The lowest BCUT2D eigenvalue weighted by Crippen LogP contribution is -2.28. The van der Waals surface area contributed by atoms with Crippen molar-refractivity contribution >= 4 is 22.5 Å². The number of pyridine rings is 1. The van der Waals surface area contributed by atoms with Gasteiger partial charge >= 0.3 is 0 Å². The van der Waals surface area contributed by atoms with Crippen LogP contribution in [-0.4, -0.2) is 20.5 Å². The summed E-state index contributed by atoms with van der Waals surface area (Å²) in [6.45, 7) is 3.76. The summed E-state index contributed by atoms with van der Waals surface area (Å²) in [5, 5.41) is 12.2. The van der Waals surface area contributed by atoms with Crippen molar-refractivity contribution in [3.05, 3.63) is 65.8 Å². The van der Waals surface area contributed by atoms with Crippen LogP contribution in [-0.2, 0) is 0 Å². The van der Waals surface area contributed by atoms with E-state index in [0.717, 1.165) is 16.6 Å². The summed E-state index contributed by atoms with van der Waals surface area (Å²) in [7, 11) is 0. The Labute approximate surface area is 138 Å². The lowest BCUT2D eigenvalue weighted by Gasteiger charge is -2.11. The number of carbonyl (C=O) groups excluding carboxylic acids is 1. The number of aromatic nitrogens is 3. The third kappa shape index (κ3) is 2.23. The molecule has 1 unspecified atom stereocenters. The molecule has 6 nitrogen and oxygen atoms in total. The molecule has 0 fully saturated rings. The fourth-order valence-corrected chi connectivity index (χ4v) is 2.87. The quantitative estimate of drug-likeness (QED) is 0.629. The van der Waals surface area contributed by atoms with Gasteiger partial charge in [-0.25, -0.2) is 0 Å². The normalized spacial score (nSPS) is 12.6. The van der Waals surface area contributed by atoms with Crippen molar-refractivity contribution in [3.63, 3.8) is 0 Å². The molecule has 24 heavy (non-hydrogen) atoms. The van der Waals surface area contributed by atoms with Crippen LogP contribution in [0.15, 0.2) is 53.1 Å². The Balaban J connectivity index is 1.64. The van der Waals surface area contributed by atoms with Gasteiger partial charge in [0.15, 0.2) is 17.2 Å². The summed E-state index contributed by atoms with van der Waals surface area (Å²) in [4.78, 5) is 12.6. The topological polar surface area (TPSA) is 72.4 Å². The van der Waals surface area contributed by atoms with Gasteiger partial charge in [-0.1, -0.05) is 24.3 Å². The zero-order valence-corrected chi connectivity index (χ0v) is 13.4. The van der Waals surface area contributed by atoms with Gasteiger partial charge in [0.25, 0.3) is 5.91 Å². The molecule has 0 bridgehead atoms. The molecule has 0 spiro atoms. The van der Waals surface area contributed by atoms with E-state index in [2.05, 4.69) is 15.5 Å². The molecule has 3 heterocycles. The Morgan fingerprint density at radius 2 is 1.96 bits per heavy atom. The molecule has 4 aromatic rings. The maximum atomic E-state index is 12.6. The third-order valence-corrected chi connectivity index (χ3v) is 4.12. The predicted octanol–water partition coefficient (Wildman–Crippen LogP) is 3.27. The van der Waals surface area contributed by atoms with Crippen molar-refractivity contribution in [2.75, 3.05) is 0 Å². The van der Waals surface area contributed by atoms with E-state index in [0.29, 0.717) is 17.2 Å². The van der Waals surface area contributed by atoms with Gasteiger partial charge in [-0.15, -0.1) is 10.2 Å². The van der Waals surface area contributed by atoms with Gasteiger partial charge in [-0.3, -0.25) is 9.20 Å². The van der Waals surface area contributed by atoms with Crippen LogP contribution in [0.1, 0.15) is 34.9 Å². The molecular weight excluding hydrogens is 304 g/mol. The van der Waals surface area contributed by atoms with E-state index in [4.69, 9.17) is 4.42 Å². The summed E-state index contributed by atoms with van der Waals surface area (Å²) < 4.78 is 7.57. The molecule has 6 heteroatoms. The largest absolute Gasteiger partial charge is 0.451 e. The second kappa shape index (κ2) is 5.49. The number of hydrogen-bond donors (Lipinski definition) is 1. The predicted molar refractivity (Wildman–Crippen MR) is 89.8 cm³/mol. The van der Waals surface area contributed by atoms with Crippen molar-refractivity contribution in [1.82, 2.24) is 19.9 Å². The number of furan rings is 1. The van der Waals surface area contributed by atoms with E-state index < -0.39 is 0 Å². The van der Waals surface area contributed by atoms with E-state index in [1.165, 1.54) is 0 Å². The van der Waals surface area contributed by atoms with Crippen LogP contribution in [0.3, 0.4) is 0 Å². The fraction of sp³-hybridized carbons (Fsp3) is 0.167. The molecule has 120 valence electrons. The smallest absolute Gasteiger partial charge is 0.287 e. The van der Waals surface area contributed by atoms with Crippen LogP contribution in [0.2, 0.25) is 0 Å². The first-order valence-corrected chi connectivity index (χ1v) is 7.74. The van der Waals surface area contributed by atoms with Gasteiger partial charge in [0.05, 0.1) is 6.04 Å². The highest BCUT2D eigenvalue weighted by atomic mass is 16.3. The molecule has 1 aromatic carbocycles. The molecular formula is C18H16N4O2.